The number of anilines is 2. The average molecular weight is 446 g/mol. The number of nitrogens with zero attached hydrogens (tertiary/aromatic N) is 3. The van der Waals surface area contributed by atoms with Crippen LogP contribution in [0.2, 0.25) is 0 Å². The maximum absolute atomic E-state index is 13.0. The number of piperazine rings is 1. The van der Waals surface area contributed by atoms with Gasteiger partial charge in [-0.2, -0.15) is 0 Å². The lowest BCUT2D eigenvalue weighted by Gasteiger charge is -2.36. The van der Waals surface area contributed by atoms with Gasteiger partial charge in [-0.3, -0.25) is 14.5 Å². The Morgan fingerprint density at radius 3 is 2.52 bits per heavy atom. The second-order valence-corrected chi connectivity index (χ2v) is 8.57. The van der Waals surface area contributed by atoms with Crippen LogP contribution in [0.4, 0.5) is 11.4 Å². The summed E-state index contributed by atoms with van der Waals surface area (Å²) in [4.78, 5) is 31.3. The van der Waals surface area contributed by atoms with Crippen LogP contribution < -0.4 is 14.5 Å². The number of hydrogen-bond donors (Lipinski definition) is 0. The Labute approximate surface area is 193 Å². The third-order valence-electron chi connectivity index (χ3n) is 6.27. The zero-order valence-corrected chi connectivity index (χ0v) is 18.9. The molecule has 5 rings (SSSR count). The number of aryl methyl sites for hydroxylation is 2. The predicted octanol–water partition coefficient (Wildman–Crippen LogP) is 3.78. The zero-order valence-electron chi connectivity index (χ0n) is 18.9. The Kier molecular flexibility index (Phi) is 5.54. The molecule has 0 saturated carbocycles. The minimum Gasteiger partial charge on any atom is -0.482 e. The first-order valence-electron chi connectivity index (χ1n) is 11.2. The van der Waals surface area contributed by atoms with E-state index in [9.17, 15) is 9.59 Å². The van der Waals surface area contributed by atoms with Crippen LogP contribution in [0, 0.1) is 13.8 Å². The van der Waals surface area contributed by atoms with E-state index in [1.807, 2.05) is 42.2 Å². The van der Waals surface area contributed by atoms with Gasteiger partial charge in [-0.15, -0.1) is 0 Å². The number of hydrogen-bond acceptors (Lipinski definition) is 5. The summed E-state index contributed by atoms with van der Waals surface area (Å²) < 4.78 is 11.4. The Morgan fingerprint density at radius 2 is 1.73 bits per heavy atom. The van der Waals surface area contributed by atoms with Crippen molar-refractivity contribution in [3.8, 4) is 5.75 Å². The van der Waals surface area contributed by atoms with Crippen molar-refractivity contribution in [1.29, 1.82) is 0 Å². The molecule has 0 N–H and O–H groups in total. The van der Waals surface area contributed by atoms with Crippen LogP contribution in [-0.2, 0) is 11.3 Å². The van der Waals surface area contributed by atoms with E-state index < -0.39 is 0 Å². The molecule has 0 radical (unpaired) electrons. The van der Waals surface area contributed by atoms with E-state index in [2.05, 4.69) is 24.0 Å². The molecule has 2 aliphatic heterocycles. The van der Waals surface area contributed by atoms with Crippen LogP contribution in [-0.4, -0.2) is 49.5 Å². The van der Waals surface area contributed by atoms with Crippen molar-refractivity contribution in [2.75, 3.05) is 42.6 Å². The Balaban J connectivity index is 1.25. The van der Waals surface area contributed by atoms with Crippen molar-refractivity contribution in [2.24, 2.45) is 0 Å². The number of ether oxygens (including phenoxy) is 1. The summed E-state index contributed by atoms with van der Waals surface area (Å²) in [5.74, 6) is 1.30. The Morgan fingerprint density at radius 1 is 0.939 bits per heavy atom. The van der Waals surface area contributed by atoms with Crippen LogP contribution in [0.1, 0.15) is 27.4 Å². The van der Waals surface area contributed by atoms with Crippen molar-refractivity contribution >= 4 is 23.2 Å². The molecule has 0 unspecified atom stereocenters. The number of carbonyl (C=O) groups is 2. The lowest BCUT2D eigenvalue weighted by molar-refractivity contribution is -0.121. The molecule has 1 aromatic heterocycles. The fourth-order valence-electron chi connectivity index (χ4n) is 4.44. The summed E-state index contributed by atoms with van der Waals surface area (Å²) in [5.41, 5.74) is 4.22. The number of fused-ring (bicyclic) bond motifs is 1. The molecule has 33 heavy (non-hydrogen) atoms. The average Bonchev–Trinajstić information content (AvgIpc) is 3.30. The molecule has 1 fully saturated rings. The third-order valence-corrected chi connectivity index (χ3v) is 6.27. The molecule has 2 aliphatic rings. The minimum atomic E-state index is -0.135. The topological polar surface area (TPSA) is 66.2 Å². The summed E-state index contributed by atoms with van der Waals surface area (Å²) in [6.45, 7) is 7.16. The first-order chi connectivity index (χ1) is 16.0. The summed E-state index contributed by atoms with van der Waals surface area (Å²) in [7, 11) is 0. The van der Waals surface area contributed by atoms with E-state index in [0.29, 0.717) is 30.4 Å². The van der Waals surface area contributed by atoms with Gasteiger partial charge in [0.15, 0.2) is 12.4 Å². The summed E-state index contributed by atoms with van der Waals surface area (Å²) in [5, 5.41) is 0. The smallest absolute Gasteiger partial charge is 0.289 e. The standard InChI is InChI=1S/C26H27N3O4/c1-18-7-9-23-22(15-18)29(25(30)17-32-23)16-20-8-10-24(33-20)26(31)28-13-11-27(12-14-28)21-6-4-3-5-19(21)2/h3-10,15H,11-14,16-17H2,1-2H3. The normalized spacial score (nSPS) is 15.9. The summed E-state index contributed by atoms with van der Waals surface area (Å²) >= 11 is 0. The van der Waals surface area contributed by atoms with Gasteiger partial charge in [0.2, 0.25) is 0 Å². The molecule has 1 saturated heterocycles. The Hall–Kier alpha value is -3.74. The lowest BCUT2D eigenvalue weighted by atomic mass is 10.1. The first kappa shape index (κ1) is 21.1. The molecular weight excluding hydrogens is 418 g/mol. The fraction of sp³-hybridized carbons (Fsp3) is 0.308. The van der Waals surface area contributed by atoms with E-state index in [1.165, 1.54) is 11.3 Å². The molecule has 0 spiro atoms. The molecule has 3 heterocycles. The van der Waals surface area contributed by atoms with Crippen LogP contribution in [0.15, 0.2) is 59.0 Å². The minimum absolute atomic E-state index is 0.00623. The molecule has 7 heteroatoms. The van der Waals surface area contributed by atoms with Crippen molar-refractivity contribution < 1.29 is 18.7 Å². The van der Waals surface area contributed by atoms with E-state index in [1.54, 1.807) is 17.0 Å². The van der Waals surface area contributed by atoms with Crippen molar-refractivity contribution in [3.63, 3.8) is 0 Å². The van der Waals surface area contributed by atoms with Gasteiger partial charge in [-0.05, 0) is 55.3 Å². The van der Waals surface area contributed by atoms with Gasteiger partial charge >= 0.3 is 0 Å². The summed E-state index contributed by atoms with van der Waals surface area (Å²) in [6, 6.07) is 17.5. The molecule has 3 aromatic rings. The van der Waals surface area contributed by atoms with Crippen LogP contribution in [0.25, 0.3) is 0 Å². The predicted molar refractivity (Wildman–Crippen MR) is 126 cm³/mol. The highest BCUT2D eigenvalue weighted by atomic mass is 16.5. The van der Waals surface area contributed by atoms with Crippen molar-refractivity contribution in [2.45, 2.75) is 20.4 Å². The molecule has 170 valence electrons. The van der Waals surface area contributed by atoms with Crippen molar-refractivity contribution in [3.05, 3.63) is 77.2 Å². The largest absolute Gasteiger partial charge is 0.482 e. The quantitative estimate of drug-likeness (QED) is 0.611. The molecule has 0 aliphatic carbocycles. The highest BCUT2D eigenvalue weighted by Crippen LogP contribution is 2.34. The molecule has 7 nitrogen and oxygen atoms in total. The van der Waals surface area contributed by atoms with Crippen LogP contribution in [0.5, 0.6) is 5.75 Å². The number of rotatable bonds is 4. The number of para-hydroxylation sites is 1. The van der Waals surface area contributed by atoms with E-state index in [0.717, 1.165) is 24.3 Å². The summed E-state index contributed by atoms with van der Waals surface area (Å²) in [6.07, 6.45) is 0. The molecule has 2 amide bonds. The van der Waals surface area contributed by atoms with E-state index >= 15 is 0 Å². The highest BCUT2D eigenvalue weighted by molar-refractivity contribution is 5.98. The maximum Gasteiger partial charge on any atom is 0.289 e. The lowest BCUT2D eigenvalue weighted by Crippen LogP contribution is -2.48. The SMILES string of the molecule is Cc1ccc2c(c1)N(Cc1ccc(C(=O)N3CCN(c4ccccc4C)CC3)o1)C(=O)CO2. The van der Waals surface area contributed by atoms with Gasteiger partial charge in [0.1, 0.15) is 11.5 Å². The molecule has 0 bridgehead atoms. The monoisotopic (exact) mass is 445 g/mol. The zero-order chi connectivity index (χ0) is 22.9. The van der Waals surface area contributed by atoms with Gasteiger partial charge in [0.25, 0.3) is 11.8 Å². The third kappa shape index (κ3) is 4.18. The maximum atomic E-state index is 13.0. The number of benzene rings is 2. The van der Waals surface area contributed by atoms with Gasteiger partial charge in [0, 0.05) is 31.9 Å². The van der Waals surface area contributed by atoms with Crippen LogP contribution >= 0.6 is 0 Å². The van der Waals surface area contributed by atoms with Crippen LogP contribution in [0.3, 0.4) is 0 Å². The highest BCUT2D eigenvalue weighted by Gasteiger charge is 2.28. The number of amides is 2. The van der Waals surface area contributed by atoms with E-state index in [-0.39, 0.29) is 25.0 Å². The molecule has 2 aromatic carbocycles. The van der Waals surface area contributed by atoms with Gasteiger partial charge < -0.3 is 19.0 Å². The number of carbonyl (C=O) groups excluding carboxylic acids is 2. The fourth-order valence-corrected chi connectivity index (χ4v) is 4.44. The number of furan rings is 1. The second kappa shape index (κ2) is 8.65. The molecule has 0 atom stereocenters. The first-order valence-corrected chi connectivity index (χ1v) is 11.2. The van der Waals surface area contributed by atoms with Gasteiger partial charge in [-0.1, -0.05) is 24.3 Å². The Bertz CT molecular complexity index is 1190. The van der Waals surface area contributed by atoms with Gasteiger partial charge in [-0.25, -0.2) is 0 Å². The van der Waals surface area contributed by atoms with E-state index in [4.69, 9.17) is 9.15 Å². The second-order valence-electron chi connectivity index (χ2n) is 8.57. The van der Waals surface area contributed by atoms with Gasteiger partial charge in [0.05, 0.1) is 12.2 Å². The molecular formula is C26H27N3O4. The van der Waals surface area contributed by atoms with Crippen molar-refractivity contribution in [1.82, 2.24) is 4.90 Å².